The number of aromatic nitrogens is 2. The molecule has 4 nitrogen and oxygen atoms in total. The Hall–Kier alpha value is -0.870. The van der Waals surface area contributed by atoms with Crippen molar-refractivity contribution < 1.29 is 9.84 Å². The maximum absolute atomic E-state index is 10.0. The molecular weight excluding hydrogens is 168 g/mol. The van der Waals surface area contributed by atoms with Crippen molar-refractivity contribution in [2.75, 3.05) is 13.7 Å². The maximum Gasteiger partial charge on any atom is 0.140 e. The first-order valence-electron chi connectivity index (χ1n) is 4.27. The van der Waals surface area contributed by atoms with E-state index in [0.29, 0.717) is 18.9 Å². The van der Waals surface area contributed by atoms with E-state index in [0.717, 1.165) is 0 Å². The molecule has 0 aromatic carbocycles. The quantitative estimate of drug-likeness (QED) is 0.748. The van der Waals surface area contributed by atoms with E-state index < -0.39 is 5.60 Å². The minimum Gasteiger partial charge on any atom is -0.385 e. The number of methoxy groups -OCH3 is 1. The summed E-state index contributed by atoms with van der Waals surface area (Å²) < 4.78 is 6.73. The molecule has 0 radical (unpaired) electrons. The number of hydrogen-bond donors (Lipinski definition) is 1. The highest BCUT2D eigenvalue weighted by atomic mass is 16.5. The summed E-state index contributed by atoms with van der Waals surface area (Å²) >= 11 is 0. The highest BCUT2D eigenvalue weighted by Crippen LogP contribution is 2.21. The Morgan fingerprint density at radius 1 is 1.69 bits per heavy atom. The van der Waals surface area contributed by atoms with Crippen LogP contribution in [0.5, 0.6) is 0 Å². The molecule has 0 aliphatic heterocycles. The van der Waals surface area contributed by atoms with Crippen LogP contribution in [0.1, 0.15) is 19.2 Å². The molecule has 74 valence electrons. The highest BCUT2D eigenvalue weighted by molar-refractivity contribution is 5.02. The molecule has 4 heteroatoms. The van der Waals surface area contributed by atoms with Crippen LogP contribution in [0.2, 0.25) is 0 Å². The van der Waals surface area contributed by atoms with Crippen LogP contribution in [0.3, 0.4) is 0 Å². The Labute approximate surface area is 78.2 Å². The second-order valence-corrected chi connectivity index (χ2v) is 3.38. The van der Waals surface area contributed by atoms with Gasteiger partial charge in [0.2, 0.25) is 0 Å². The summed E-state index contributed by atoms with van der Waals surface area (Å²) in [6, 6.07) is 0. The van der Waals surface area contributed by atoms with Gasteiger partial charge >= 0.3 is 0 Å². The zero-order valence-corrected chi connectivity index (χ0v) is 8.32. The number of aryl methyl sites for hydroxylation is 1. The number of hydrogen-bond acceptors (Lipinski definition) is 3. The lowest BCUT2D eigenvalue weighted by atomic mass is 10.0. The second kappa shape index (κ2) is 3.89. The van der Waals surface area contributed by atoms with Gasteiger partial charge in [-0.1, -0.05) is 0 Å². The molecule has 1 rings (SSSR count). The fraction of sp³-hybridized carbons (Fsp3) is 0.667. The minimum atomic E-state index is -0.908. The number of rotatable bonds is 4. The monoisotopic (exact) mass is 184 g/mol. The summed E-state index contributed by atoms with van der Waals surface area (Å²) in [5, 5.41) is 10.0. The van der Waals surface area contributed by atoms with Crippen molar-refractivity contribution in [3.63, 3.8) is 0 Å². The smallest absolute Gasteiger partial charge is 0.140 e. The van der Waals surface area contributed by atoms with Crippen LogP contribution in [0, 0.1) is 0 Å². The molecule has 13 heavy (non-hydrogen) atoms. The topological polar surface area (TPSA) is 47.3 Å². The fourth-order valence-corrected chi connectivity index (χ4v) is 1.30. The third-order valence-corrected chi connectivity index (χ3v) is 2.10. The van der Waals surface area contributed by atoms with Gasteiger partial charge < -0.3 is 14.4 Å². The Balaban J connectivity index is 2.74. The van der Waals surface area contributed by atoms with Crippen LogP contribution in [-0.2, 0) is 17.4 Å². The van der Waals surface area contributed by atoms with Crippen molar-refractivity contribution in [2.45, 2.75) is 18.9 Å². The van der Waals surface area contributed by atoms with Gasteiger partial charge in [0.25, 0.3) is 0 Å². The largest absolute Gasteiger partial charge is 0.385 e. The molecule has 0 bridgehead atoms. The summed E-state index contributed by atoms with van der Waals surface area (Å²) in [4.78, 5) is 4.10. The van der Waals surface area contributed by atoms with Crippen LogP contribution in [0.4, 0.5) is 0 Å². The molecule has 0 aliphatic rings. The first kappa shape index (κ1) is 10.2. The van der Waals surface area contributed by atoms with Gasteiger partial charge in [0, 0.05) is 39.6 Å². The van der Waals surface area contributed by atoms with E-state index in [1.807, 2.05) is 17.8 Å². The molecule has 0 fully saturated rings. The molecule has 0 saturated carbocycles. The third kappa shape index (κ3) is 2.29. The Morgan fingerprint density at radius 2 is 2.38 bits per heavy atom. The van der Waals surface area contributed by atoms with Crippen molar-refractivity contribution in [3.05, 3.63) is 18.2 Å². The molecule has 1 aromatic rings. The maximum atomic E-state index is 10.0. The Morgan fingerprint density at radius 3 is 2.85 bits per heavy atom. The van der Waals surface area contributed by atoms with E-state index in [4.69, 9.17) is 4.74 Å². The van der Waals surface area contributed by atoms with E-state index in [1.54, 1.807) is 20.2 Å². The second-order valence-electron chi connectivity index (χ2n) is 3.38. The molecule has 0 amide bonds. The Kier molecular flexibility index (Phi) is 3.06. The standard InChI is InChI=1S/C9H16N2O2/c1-9(12,4-7-13-3)8-10-5-6-11(8)2/h5-6,12H,4,7H2,1-3H3. The van der Waals surface area contributed by atoms with Gasteiger partial charge in [0.05, 0.1) is 0 Å². The van der Waals surface area contributed by atoms with Crippen LogP contribution in [0.15, 0.2) is 12.4 Å². The van der Waals surface area contributed by atoms with Gasteiger partial charge in [-0.25, -0.2) is 4.98 Å². The van der Waals surface area contributed by atoms with Crippen molar-refractivity contribution in [1.29, 1.82) is 0 Å². The van der Waals surface area contributed by atoms with E-state index >= 15 is 0 Å². The van der Waals surface area contributed by atoms with Crippen molar-refractivity contribution in [2.24, 2.45) is 7.05 Å². The summed E-state index contributed by atoms with van der Waals surface area (Å²) in [6.07, 6.45) is 4.04. The first-order chi connectivity index (χ1) is 6.08. The van der Waals surface area contributed by atoms with Gasteiger partial charge in [-0.05, 0) is 6.92 Å². The van der Waals surface area contributed by atoms with E-state index in [1.165, 1.54) is 0 Å². The molecule has 1 heterocycles. The molecular formula is C9H16N2O2. The Bertz CT molecular complexity index is 268. The van der Waals surface area contributed by atoms with Gasteiger partial charge in [0.1, 0.15) is 11.4 Å². The summed E-state index contributed by atoms with van der Waals surface area (Å²) in [5.41, 5.74) is -0.908. The molecule has 0 aliphatic carbocycles. The number of nitrogens with zero attached hydrogens (tertiary/aromatic N) is 2. The summed E-state index contributed by atoms with van der Waals surface area (Å²) in [6.45, 7) is 2.27. The van der Waals surface area contributed by atoms with E-state index in [-0.39, 0.29) is 0 Å². The molecule has 1 aromatic heterocycles. The fourth-order valence-electron chi connectivity index (χ4n) is 1.30. The van der Waals surface area contributed by atoms with Crippen molar-refractivity contribution in [1.82, 2.24) is 9.55 Å². The van der Waals surface area contributed by atoms with E-state index in [9.17, 15) is 5.11 Å². The lowest BCUT2D eigenvalue weighted by Crippen LogP contribution is -2.26. The van der Waals surface area contributed by atoms with Gasteiger partial charge in [0.15, 0.2) is 0 Å². The average Bonchev–Trinajstić information content (AvgIpc) is 2.48. The summed E-state index contributed by atoms with van der Waals surface area (Å²) in [7, 11) is 3.48. The molecule has 1 unspecified atom stereocenters. The third-order valence-electron chi connectivity index (χ3n) is 2.10. The average molecular weight is 184 g/mol. The normalized spacial score (nSPS) is 15.7. The van der Waals surface area contributed by atoms with Crippen LogP contribution in [0.25, 0.3) is 0 Å². The number of imidazole rings is 1. The molecule has 0 spiro atoms. The highest BCUT2D eigenvalue weighted by Gasteiger charge is 2.26. The SMILES string of the molecule is COCCC(C)(O)c1nccn1C. The van der Waals surface area contributed by atoms with Crippen LogP contribution in [-0.4, -0.2) is 28.4 Å². The lowest BCUT2D eigenvalue weighted by Gasteiger charge is -2.22. The van der Waals surface area contributed by atoms with Crippen molar-refractivity contribution >= 4 is 0 Å². The lowest BCUT2D eigenvalue weighted by molar-refractivity contribution is 0.0113. The molecule has 1 N–H and O–H groups in total. The van der Waals surface area contributed by atoms with Crippen LogP contribution >= 0.6 is 0 Å². The molecule has 1 atom stereocenters. The van der Waals surface area contributed by atoms with Crippen molar-refractivity contribution in [3.8, 4) is 0 Å². The number of aliphatic hydroxyl groups is 1. The number of ether oxygens (including phenoxy) is 1. The first-order valence-corrected chi connectivity index (χ1v) is 4.27. The van der Waals surface area contributed by atoms with Gasteiger partial charge in [-0.3, -0.25) is 0 Å². The summed E-state index contributed by atoms with van der Waals surface area (Å²) in [5.74, 6) is 0.671. The zero-order chi connectivity index (χ0) is 9.90. The zero-order valence-electron chi connectivity index (χ0n) is 8.32. The van der Waals surface area contributed by atoms with Gasteiger partial charge in [-0.2, -0.15) is 0 Å². The van der Waals surface area contributed by atoms with E-state index in [2.05, 4.69) is 4.98 Å². The predicted octanol–water partition coefficient (Wildman–Crippen LogP) is 0.664. The predicted molar refractivity (Wildman–Crippen MR) is 49.3 cm³/mol. The minimum absolute atomic E-state index is 0.528. The van der Waals surface area contributed by atoms with Gasteiger partial charge in [-0.15, -0.1) is 0 Å². The molecule has 0 saturated heterocycles. The van der Waals surface area contributed by atoms with Crippen LogP contribution < -0.4 is 0 Å².